The summed E-state index contributed by atoms with van der Waals surface area (Å²) in [5, 5.41) is 9.29. The van der Waals surface area contributed by atoms with Crippen LogP contribution in [-0.4, -0.2) is 18.4 Å². The third-order valence-electron chi connectivity index (χ3n) is 5.47. The Bertz CT molecular complexity index is 807. The summed E-state index contributed by atoms with van der Waals surface area (Å²) in [6.45, 7) is 0.615. The van der Waals surface area contributed by atoms with Crippen molar-refractivity contribution in [1.29, 1.82) is 0 Å². The van der Waals surface area contributed by atoms with Gasteiger partial charge in [0.05, 0.1) is 0 Å². The van der Waals surface area contributed by atoms with E-state index < -0.39 is 11.0 Å². The Morgan fingerprint density at radius 1 is 0.783 bits per heavy atom. The monoisotopic (exact) mass is 305 g/mol. The highest BCUT2D eigenvalue weighted by Crippen LogP contribution is 2.57. The number of rotatable bonds is 0. The maximum Gasteiger partial charge on any atom is 0.250 e. The lowest BCUT2D eigenvalue weighted by Crippen LogP contribution is -2.59. The minimum atomic E-state index is -1.04. The molecule has 0 radical (unpaired) electrons. The lowest BCUT2D eigenvalue weighted by Gasteiger charge is -2.37. The highest BCUT2D eigenvalue weighted by molar-refractivity contribution is 6.17. The number of hydrogen-bond acceptors (Lipinski definition) is 3. The quantitative estimate of drug-likeness (QED) is 0.694. The molecule has 2 spiro atoms. The zero-order valence-corrected chi connectivity index (χ0v) is 12.3. The molecule has 2 amide bonds. The topological polar surface area (TPSA) is 70.2 Å². The van der Waals surface area contributed by atoms with Crippen LogP contribution in [0.1, 0.15) is 17.5 Å². The smallest absolute Gasteiger partial charge is 0.250 e. The van der Waals surface area contributed by atoms with Crippen LogP contribution in [0.4, 0.5) is 11.4 Å². The molecule has 2 atom stereocenters. The number of anilines is 2. The first-order valence-corrected chi connectivity index (χ1v) is 7.77. The Morgan fingerprint density at radius 3 is 2.17 bits per heavy atom. The average molecular weight is 305 g/mol. The summed E-state index contributed by atoms with van der Waals surface area (Å²) in [6.07, 6.45) is 0.595. The van der Waals surface area contributed by atoms with Gasteiger partial charge < -0.3 is 10.6 Å². The first kappa shape index (κ1) is 12.8. The van der Waals surface area contributed by atoms with Gasteiger partial charge in [0.1, 0.15) is 11.0 Å². The fourth-order valence-corrected chi connectivity index (χ4v) is 4.57. The normalized spacial score (nSPS) is 30.4. The summed E-state index contributed by atoms with van der Waals surface area (Å²) < 4.78 is 0. The van der Waals surface area contributed by atoms with Crippen molar-refractivity contribution in [2.24, 2.45) is 0 Å². The number of hydrogen-bond donors (Lipinski definition) is 3. The van der Waals surface area contributed by atoms with Crippen LogP contribution in [0.15, 0.2) is 48.5 Å². The van der Waals surface area contributed by atoms with E-state index in [4.69, 9.17) is 0 Å². The van der Waals surface area contributed by atoms with Gasteiger partial charge in [-0.1, -0.05) is 36.4 Å². The van der Waals surface area contributed by atoms with E-state index in [1.807, 2.05) is 48.5 Å². The maximum atomic E-state index is 13.0. The molecule has 23 heavy (non-hydrogen) atoms. The standard InChI is InChI=1S/C18H15N3O2/c22-15-17(11-5-1-3-7-13(11)20-15)9-10-19-18(17)12-6-2-4-8-14(12)21-16(18)23/h1-8,19H,9-10H2,(H,20,22)(H,21,23). The maximum absolute atomic E-state index is 13.0. The van der Waals surface area contributed by atoms with E-state index in [0.29, 0.717) is 13.0 Å². The van der Waals surface area contributed by atoms with Crippen LogP contribution in [0.2, 0.25) is 0 Å². The van der Waals surface area contributed by atoms with Gasteiger partial charge in [0.25, 0.3) is 5.91 Å². The van der Waals surface area contributed by atoms with Gasteiger partial charge in [-0.25, -0.2) is 0 Å². The Morgan fingerprint density at radius 2 is 1.39 bits per heavy atom. The number of carbonyl (C=O) groups is 2. The summed E-state index contributed by atoms with van der Waals surface area (Å²) in [7, 11) is 0. The lowest BCUT2D eigenvalue weighted by molar-refractivity contribution is -0.131. The number of benzene rings is 2. The van der Waals surface area contributed by atoms with Gasteiger partial charge in [-0.3, -0.25) is 14.9 Å². The van der Waals surface area contributed by atoms with Gasteiger partial charge in [-0.2, -0.15) is 0 Å². The van der Waals surface area contributed by atoms with Crippen molar-refractivity contribution in [3.05, 3.63) is 59.7 Å². The zero-order chi connectivity index (χ0) is 15.7. The zero-order valence-electron chi connectivity index (χ0n) is 12.3. The van der Waals surface area contributed by atoms with E-state index in [9.17, 15) is 9.59 Å². The summed E-state index contributed by atoms with van der Waals surface area (Å²) >= 11 is 0. The minimum absolute atomic E-state index is 0.101. The van der Waals surface area contributed by atoms with Crippen LogP contribution in [0, 0.1) is 0 Å². The van der Waals surface area contributed by atoms with E-state index in [1.165, 1.54) is 0 Å². The van der Waals surface area contributed by atoms with Crippen molar-refractivity contribution >= 4 is 23.2 Å². The van der Waals surface area contributed by atoms with E-state index in [0.717, 1.165) is 22.5 Å². The third kappa shape index (κ3) is 1.25. The first-order valence-electron chi connectivity index (χ1n) is 7.77. The van der Waals surface area contributed by atoms with Gasteiger partial charge in [0.2, 0.25) is 5.91 Å². The molecule has 2 aromatic rings. The molecule has 0 aliphatic carbocycles. The molecule has 1 fully saturated rings. The van der Waals surface area contributed by atoms with Crippen LogP contribution in [0.25, 0.3) is 0 Å². The molecule has 0 aromatic heterocycles. The molecule has 5 nitrogen and oxygen atoms in total. The second-order valence-corrected chi connectivity index (χ2v) is 6.33. The number of para-hydroxylation sites is 2. The summed E-state index contributed by atoms with van der Waals surface area (Å²) in [5.41, 5.74) is 1.40. The van der Waals surface area contributed by atoms with Crippen LogP contribution < -0.4 is 16.0 Å². The van der Waals surface area contributed by atoms with E-state index >= 15 is 0 Å². The molecule has 5 rings (SSSR count). The molecular formula is C18H15N3O2. The lowest BCUT2D eigenvalue weighted by atomic mass is 9.64. The van der Waals surface area contributed by atoms with E-state index in [-0.39, 0.29) is 11.8 Å². The molecule has 0 bridgehead atoms. The van der Waals surface area contributed by atoms with Gasteiger partial charge in [-0.15, -0.1) is 0 Å². The Labute approximate surface area is 133 Å². The Hall–Kier alpha value is -2.66. The molecule has 3 N–H and O–H groups in total. The van der Waals surface area contributed by atoms with Crippen LogP contribution in [-0.2, 0) is 20.5 Å². The van der Waals surface area contributed by atoms with E-state index in [2.05, 4.69) is 16.0 Å². The number of nitrogens with one attached hydrogen (secondary N) is 3. The van der Waals surface area contributed by atoms with Crippen LogP contribution in [0.3, 0.4) is 0 Å². The first-order chi connectivity index (χ1) is 11.2. The van der Waals surface area contributed by atoms with Gasteiger partial charge in [0.15, 0.2) is 0 Å². The van der Waals surface area contributed by atoms with Crippen molar-refractivity contribution in [2.45, 2.75) is 17.4 Å². The number of carbonyl (C=O) groups excluding carboxylic acids is 2. The summed E-state index contributed by atoms with van der Waals surface area (Å²) in [5.74, 6) is -0.251. The Balaban J connectivity index is 1.86. The fourth-order valence-electron chi connectivity index (χ4n) is 4.57. The molecule has 0 saturated carbocycles. The molecule has 1 saturated heterocycles. The van der Waals surface area contributed by atoms with Crippen molar-refractivity contribution in [1.82, 2.24) is 5.32 Å². The van der Waals surface area contributed by atoms with Crippen molar-refractivity contribution < 1.29 is 9.59 Å². The molecule has 114 valence electrons. The fraction of sp³-hybridized carbons (Fsp3) is 0.222. The second kappa shape index (κ2) is 4.00. The predicted molar refractivity (Wildman–Crippen MR) is 86.1 cm³/mol. The molecular weight excluding hydrogens is 290 g/mol. The van der Waals surface area contributed by atoms with Crippen molar-refractivity contribution in [2.75, 3.05) is 17.2 Å². The average Bonchev–Trinajstić information content (AvgIpc) is 3.18. The highest BCUT2D eigenvalue weighted by Gasteiger charge is 2.70. The summed E-state index contributed by atoms with van der Waals surface area (Å²) in [4.78, 5) is 26.1. The molecule has 2 unspecified atom stereocenters. The Kier molecular flexibility index (Phi) is 2.23. The molecule has 3 aliphatic rings. The molecule has 5 heteroatoms. The molecule has 3 heterocycles. The highest BCUT2D eigenvalue weighted by atomic mass is 16.2. The van der Waals surface area contributed by atoms with Crippen LogP contribution in [0.5, 0.6) is 0 Å². The number of fused-ring (bicyclic) bond motifs is 5. The predicted octanol–water partition coefficient (Wildman–Crippen LogP) is 1.72. The number of amides is 2. The molecule has 2 aromatic carbocycles. The van der Waals surface area contributed by atoms with E-state index in [1.54, 1.807) is 0 Å². The second-order valence-electron chi connectivity index (χ2n) is 6.33. The van der Waals surface area contributed by atoms with Crippen molar-refractivity contribution in [3.8, 4) is 0 Å². The summed E-state index contributed by atoms with van der Waals surface area (Å²) in [6, 6.07) is 15.3. The van der Waals surface area contributed by atoms with Crippen molar-refractivity contribution in [3.63, 3.8) is 0 Å². The third-order valence-corrected chi connectivity index (χ3v) is 5.47. The van der Waals surface area contributed by atoms with Gasteiger partial charge in [-0.05, 0) is 30.7 Å². The van der Waals surface area contributed by atoms with Crippen LogP contribution >= 0.6 is 0 Å². The van der Waals surface area contributed by atoms with Gasteiger partial charge >= 0.3 is 0 Å². The van der Waals surface area contributed by atoms with Gasteiger partial charge in [0, 0.05) is 16.9 Å². The SMILES string of the molecule is O=C1Nc2ccccc2C12CCNC21C(=O)Nc2ccccc21. The molecule has 3 aliphatic heterocycles. The minimum Gasteiger partial charge on any atom is -0.325 e. The largest absolute Gasteiger partial charge is 0.325 e.